The standard InChI is InChI=1S/C49H30N6O/c1-4-15-32(16-5-1)46-52-47(33-17-6-2-7-18-33)54-48(53-46)34-29-27-31(28-30-34)42-45-43(38-22-11-13-26-41(38)56-45)51-49(50-42)39-24-14-23-37-36-21-10-12-25-40(36)55(44(37)39)35-19-8-3-9-20-35/h1-30H. The minimum Gasteiger partial charge on any atom is -0.452 e. The largest absolute Gasteiger partial charge is 0.452 e. The molecule has 0 aliphatic rings. The van der Waals surface area contributed by atoms with Crippen molar-refractivity contribution in [2.45, 2.75) is 0 Å². The van der Waals surface area contributed by atoms with Crippen molar-refractivity contribution in [2.24, 2.45) is 0 Å². The highest BCUT2D eigenvalue weighted by Gasteiger charge is 2.22. The Labute approximate surface area is 321 Å². The van der Waals surface area contributed by atoms with Crippen molar-refractivity contribution in [1.29, 1.82) is 0 Å². The monoisotopic (exact) mass is 718 g/mol. The van der Waals surface area contributed by atoms with Crippen LogP contribution in [0.25, 0.3) is 106 Å². The third kappa shape index (κ3) is 5.25. The van der Waals surface area contributed by atoms with Crippen LogP contribution >= 0.6 is 0 Å². The second-order valence-corrected chi connectivity index (χ2v) is 13.7. The van der Waals surface area contributed by atoms with Crippen LogP contribution in [0.15, 0.2) is 186 Å². The third-order valence-corrected chi connectivity index (χ3v) is 10.3. The van der Waals surface area contributed by atoms with Gasteiger partial charge in [0.1, 0.15) is 16.8 Å². The number of para-hydroxylation sites is 4. The highest BCUT2D eigenvalue weighted by molar-refractivity contribution is 6.14. The molecule has 0 spiro atoms. The molecule has 0 saturated carbocycles. The van der Waals surface area contributed by atoms with Gasteiger partial charge >= 0.3 is 0 Å². The van der Waals surface area contributed by atoms with Gasteiger partial charge in [-0.3, -0.25) is 0 Å². The van der Waals surface area contributed by atoms with E-state index in [0.717, 1.165) is 66.4 Å². The summed E-state index contributed by atoms with van der Waals surface area (Å²) in [5, 5.41) is 3.24. The molecule has 0 unspecified atom stereocenters. The lowest BCUT2D eigenvalue weighted by Crippen LogP contribution is -2.00. The average Bonchev–Trinajstić information content (AvgIpc) is 3.83. The molecule has 0 fully saturated rings. The molecule has 11 aromatic rings. The van der Waals surface area contributed by atoms with Crippen molar-refractivity contribution in [1.82, 2.24) is 29.5 Å². The van der Waals surface area contributed by atoms with Crippen molar-refractivity contribution in [3.05, 3.63) is 182 Å². The summed E-state index contributed by atoms with van der Waals surface area (Å²) < 4.78 is 8.86. The summed E-state index contributed by atoms with van der Waals surface area (Å²) in [7, 11) is 0. The predicted molar refractivity (Wildman–Crippen MR) is 224 cm³/mol. The number of furan rings is 1. The first-order valence-corrected chi connectivity index (χ1v) is 18.5. The number of rotatable bonds is 6. The van der Waals surface area contributed by atoms with Gasteiger partial charge < -0.3 is 8.98 Å². The van der Waals surface area contributed by atoms with E-state index in [-0.39, 0.29) is 0 Å². The maximum Gasteiger partial charge on any atom is 0.180 e. The van der Waals surface area contributed by atoms with Crippen LogP contribution in [-0.4, -0.2) is 29.5 Å². The fourth-order valence-corrected chi connectivity index (χ4v) is 7.67. The Hall–Kier alpha value is -7.77. The molecule has 7 aromatic carbocycles. The number of fused-ring (bicyclic) bond motifs is 6. The van der Waals surface area contributed by atoms with Crippen LogP contribution < -0.4 is 0 Å². The van der Waals surface area contributed by atoms with Gasteiger partial charge in [0.2, 0.25) is 0 Å². The van der Waals surface area contributed by atoms with E-state index in [1.807, 2.05) is 97.1 Å². The lowest BCUT2D eigenvalue weighted by atomic mass is 10.1. The lowest BCUT2D eigenvalue weighted by molar-refractivity contribution is 0.667. The van der Waals surface area contributed by atoms with Crippen molar-refractivity contribution >= 4 is 43.9 Å². The van der Waals surface area contributed by atoms with E-state index >= 15 is 0 Å². The summed E-state index contributed by atoms with van der Waals surface area (Å²) in [5.41, 5.74) is 10.6. The van der Waals surface area contributed by atoms with Crippen LogP contribution in [0.4, 0.5) is 0 Å². The summed E-state index contributed by atoms with van der Waals surface area (Å²) >= 11 is 0. The Bertz CT molecular complexity index is 3170. The second kappa shape index (κ2) is 13.0. The molecule has 262 valence electrons. The highest BCUT2D eigenvalue weighted by atomic mass is 16.3. The van der Waals surface area contributed by atoms with Crippen molar-refractivity contribution in [3.8, 4) is 62.5 Å². The van der Waals surface area contributed by atoms with Crippen LogP contribution in [0.5, 0.6) is 0 Å². The first-order chi connectivity index (χ1) is 27.8. The van der Waals surface area contributed by atoms with Crippen LogP contribution in [0.1, 0.15) is 0 Å². The Balaban J connectivity index is 1.11. The molecule has 56 heavy (non-hydrogen) atoms. The Morgan fingerprint density at radius 2 is 0.911 bits per heavy atom. The molecule has 0 radical (unpaired) electrons. The maximum atomic E-state index is 6.54. The summed E-state index contributed by atoms with van der Waals surface area (Å²) in [4.78, 5) is 25.4. The first kappa shape index (κ1) is 31.7. The molecular formula is C49H30N6O. The number of hydrogen-bond donors (Lipinski definition) is 0. The van der Waals surface area contributed by atoms with E-state index in [9.17, 15) is 0 Å². The molecule has 0 atom stereocenters. The smallest absolute Gasteiger partial charge is 0.180 e. The molecule has 7 nitrogen and oxygen atoms in total. The van der Waals surface area contributed by atoms with Gasteiger partial charge in [-0.25, -0.2) is 24.9 Å². The molecular weight excluding hydrogens is 689 g/mol. The van der Waals surface area contributed by atoms with Gasteiger partial charge in [0, 0.05) is 49.7 Å². The molecule has 11 rings (SSSR count). The first-order valence-electron chi connectivity index (χ1n) is 18.5. The van der Waals surface area contributed by atoms with Gasteiger partial charge in [-0.05, 0) is 36.4 Å². The van der Waals surface area contributed by atoms with Gasteiger partial charge in [0.05, 0.1) is 11.0 Å². The fraction of sp³-hybridized carbons (Fsp3) is 0. The molecule has 0 aliphatic heterocycles. The topological polar surface area (TPSA) is 82.5 Å². The minimum absolute atomic E-state index is 0.585. The molecule has 0 bridgehead atoms. The summed E-state index contributed by atoms with van der Waals surface area (Å²) in [5.74, 6) is 2.43. The third-order valence-electron chi connectivity index (χ3n) is 10.3. The van der Waals surface area contributed by atoms with Gasteiger partial charge in [-0.2, -0.15) is 0 Å². The van der Waals surface area contributed by atoms with E-state index in [1.54, 1.807) is 0 Å². The van der Waals surface area contributed by atoms with Gasteiger partial charge in [-0.1, -0.05) is 146 Å². The van der Waals surface area contributed by atoms with Gasteiger partial charge in [-0.15, -0.1) is 0 Å². The summed E-state index contributed by atoms with van der Waals surface area (Å²) in [6.45, 7) is 0. The Morgan fingerprint density at radius 1 is 0.375 bits per heavy atom. The predicted octanol–water partition coefficient (Wildman–Crippen LogP) is 12.0. The van der Waals surface area contributed by atoms with Gasteiger partial charge in [0.25, 0.3) is 0 Å². The number of benzene rings is 7. The minimum atomic E-state index is 0.585. The second-order valence-electron chi connectivity index (χ2n) is 13.7. The van der Waals surface area contributed by atoms with E-state index < -0.39 is 0 Å². The summed E-state index contributed by atoms with van der Waals surface area (Å²) in [6, 6.07) is 61.6. The van der Waals surface area contributed by atoms with Crippen molar-refractivity contribution in [2.75, 3.05) is 0 Å². The normalized spacial score (nSPS) is 11.6. The number of hydrogen-bond acceptors (Lipinski definition) is 6. The van der Waals surface area contributed by atoms with Crippen LogP contribution in [0, 0.1) is 0 Å². The van der Waals surface area contributed by atoms with Gasteiger partial charge in [0.15, 0.2) is 28.9 Å². The number of nitrogens with zero attached hydrogens (tertiary/aromatic N) is 6. The van der Waals surface area contributed by atoms with Crippen LogP contribution in [0.2, 0.25) is 0 Å². The van der Waals surface area contributed by atoms with E-state index in [4.69, 9.17) is 29.3 Å². The maximum absolute atomic E-state index is 6.54. The fourth-order valence-electron chi connectivity index (χ4n) is 7.67. The van der Waals surface area contributed by atoms with Crippen LogP contribution in [-0.2, 0) is 0 Å². The molecule has 4 heterocycles. The number of aromatic nitrogens is 6. The van der Waals surface area contributed by atoms with E-state index in [1.165, 1.54) is 5.39 Å². The zero-order valence-electron chi connectivity index (χ0n) is 29.9. The molecule has 0 amide bonds. The lowest BCUT2D eigenvalue weighted by Gasteiger charge is -2.12. The SMILES string of the molecule is c1ccc(-c2nc(-c3ccccc3)nc(-c3ccc(-c4nc(-c5cccc6c7ccccc7n(-c7ccccc7)c56)nc5c4oc4ccccc45)cc3)n2)cc1. The molecule has 0 aliphatic carbocycles. The van der Waals surface area contributed by atoms with E-state index in [0.29, 0.717) is 34.6 Å². The molecule has 7 heteroatoms. The molecule has 0 saturated heterocycles. The zero-order valence-corrected chi connectivity index (χ0v) is 29.9. The van der Waals surface area contributed by atoms with Crippen molar-refractivity contribution < 1.29 is 4.42 Å². The summed E-state index contributed by atoms with van der Waals surface area (Å²) in [6.07, 6.45) is 0. The Kier molecular flexibility index (Phi) is 7.35. The highest BCUT2D eigenvalue weighted by Crippen LogP contribution is 2.40. The molecule has 0 N–H and O–H groups in total. The van der Waals surface area contributed by atoms with E-state index in [2.05, 4.69) is 89.5 Å². The molecule has 4 aromatic heterocycles. The zero-order chi connectivity index (χ0) is 37.0. The quantitative estimate of drug-likeness (QED) is 0.170. The Morgan fingerprint density at radius 3 is 1.59 bits per heavy atom. The average molecular weight is 719 g/mol. The van der Waals surface area contributed by atoms with Crippen LogP contribution in [0.3, 0.4) is 0 Å². The van der Waals surface area contributed by atoms with Crippen molar-refractivity contribution in [3.63, 3.8) is 0 Å².